The molecule has 0 saturated carbocycles. The maximum absolute atomic E-state index is 10.2. The van der Waals surface area contributed by atoms with Crippen molar-refractivity contribution < 1.29 is 9.84 Å². The first-order valence-corrected chi connectivity index (χ1v) is 6.61. The van der Waals surface area contributed by atoms with Crippen molar-refractivity contribution >= 4 is 21.6 Å². The van der Waals surface area contributed by atoms with Crippen LogP contribution in [0.3, 0.4) is 0 Å². The number of aromatic nitrogens is 1. The molecule has 19 heavy (non-hydrogen) atoms. The van der Waals surface area contributed by atoms with Crippen LogP contribution < -0.4 is 10.5 Å². The van der Waals surface area contributed by atoms with Crippen molar-refractivity contribution in [3.8, 4) is 5.75 Å². The molecule has 1 aromatic carbocycles. The highest BCUT2D eigenvalue weighted by molar-refractivity contribution is 9.10. The van der Waals surface area contributed by atoms with Crippen LogP contribution in [0.4, 0.5) is 5.69 Å². The Bertz CT molecular complexity index is 575. The molecule has 100 valence electrons. The average molecular weight is 323 g/mol. The molecule has 0 aliphatic rings. The van der Waals surface area contributed by atoms with Gasteiger partial charge in [0, 0.05) is 24.5 Å². The molecule has 4 nitrogen and oxygen atoms in total. The fourth-order valence-electron chi connectivity index (χ4n) is 1.82. The van der Waals surface area contributed by atoms with Gasteiger partial charge in [-0.15, -0.1) is 0 Å². The summed E-state index contributed by atoms with van der Waals surface area (Å²) in [6.45, 7) is 0. The molecule has 1 aromatic heterocycles. The number of nitrogens with zero attached hydrogens (tertiary/aromatic N) is 1. The van der Waals surface area contributed by atoms with Crippen LogP contribution in [0.1, 0.15) is 17.2 Å². The first kappa shape index (κ1) is 13.8. The number of anilines is 1. The van der Waals surface area contributed by atoms with Crippen LogP contribution in [0.5, 0.6) is 5.75 Å². The molecule has 5 heteroatoms. The topological polar surface area (TPSA) is 68.4 Å². The highest BCUT2D eigenvalue weighted by Crippen LogP contribution is 2.29. The van der Waals surface area contributed by atoms with Crippen LogP contribution in [-0.2, 0) is 6.42 Å². The maximum atomic E-state index is 10.2. The van der Waals surface area contributed by atoms with E-state index in [1.54, 1.807) is 25.6 Å². The molecule has 0 amide bonds. The van der Waals surface area contributed by atoms with Crippen molar-refractivity contribution in [2.24, 2.45) is 0 Å². The first-order chi connectivity index (χ1) is 9.11. The summed E-state index contributed by atoms with van der Waals surface area (Å²) in [7, 11) is 1.60. The minimum absolute atomic E-state index is 0.429. The number of ether oxygens (including phenoxy) is 1. The van der Waals surface area contributed by atoms with Gasteiger partial charge in [-0.25, -0.2) is 0 Å². The highest BCUT2D eigenvalue weighted by Gasteiger charge is 2.12. The Morgan fingerprint density at radius 1 is 1.42 bits per heavy atom. The lowest BCUT2D eigenvalue weighted by molar-refractivity contribution is 0.178. The molecule has 2 rings (SSSR count). The molecule has 2 aromatic rings. The van der Waals surface area contributed by atoms with Gasteiger partial charge >= 0.3 is 0 Å². The van der Waals surface area contributed by atoms with E-state index >= 15 is 0 Å². The van der Waals surface area contributed by atoms with E-state index in [1.165, 1.54) is 0 Å². The third-order valence-corrected chi connectivity index (χ3v) is 3.53. The summed E-state index contributed by atoms with van der Waals surface area (Å²) < 4.78 is 5.97. The van der Waals surface area contributed by atoms with Gasteiger partial charge < -0.3 is 15.6 Å². The minimum atomic E-state index is -0.631. The monoisotopic (exact) mass is 322 g/mol. The lowest BCUT2D eigenvalue weighted by Crippen LogP contribution is -2.05. The summed E-state index contributed by atoms with van der Waals surface area (Å²) in [6, 6.07) is 7.22. The predicted molar refractivity (Wildman–Crippen MR) is 78.0 cm³/mol. The van der Waals surface area contributed by atoms with Gasteiger partial charge in [-0.2, -0.15) is 0 Å². The Kier molecular flexibility index (Phi) is 4.39. The smallest absolute Gasteiger partial charge is 0.133 e. The fraction of sp³-hybridized carbons (Fsp3) is 0.214. The van der Waals surface area contributed by atoms with E-state index in [9.17, 15) is 5.11 Å². The lowest BCUT2D eigenvalue weighted by Gasteiger charge is -2.13. The Morgan fingerprint density at radius 3 is 2.84 bits per heavy atom. The number of aliphatic hydroxyl groups is 1. The van der Waals surface area contributed by atoms with E-state index in [1.807, 2.05) is 18.2 Å². The zero-order chi connectivity index (χ0) is 13.8. The largest absolute Gasteiger partial charge is 0.496 e. The van der Waals surface area contributed by atoms with E-state index in [-0.39, 0.29) is 0 Å². The Hall–Kier alpha value is -1.59. The second-order valence-electron chi connectivity index (χ2n) is 4.19. The standard InChI is InChI=1S/C14H15BrN2O2/c1-19-14-3-2-9(6-11(14)15)13(18)7-10-8-17-5-4-12(10)16/h2-6,8,13,18H,7H2,1H3,(H2,16,17). The van der Waals surface area contributed by atoms with Gasteiger partial charge in [-0.05, 0) is 45.3 Å². The second kappa shape index (κ2) is 6.04. The number of hydrogen-bond acceptors (Lipinski definition) is 4. The van der Waals surface area contributed by atoms with Crippen LogP contribution in [0.25, 0.3) is 0 Å². The zero-order valence-corrected chi connectivity index (χ0v) is 12.1. The molecule has 1 unspecified atom stereocenters. The van der Waals surface area contributed by atoms with E-state index in [2.05, 4.69) is 20.9 Å². The summed E-state index contributed by atoms with van der Waals surface area (Å²) in [6.07, 6.45) is 3.11. The van der Waals surface area contributed by atoms with Gasteiger partial charge in [0.2, 0.25) is 0 Å². The number of rotatable bonds is 4. The molecule has 0 aliphatic carbocycles. The average Bonchev–Trinajstić information content (AvgIpc) is 2.41. The number of nitrogen functional groups attached to an aromatic ring is 1. The third-order valence-electron chi connectivity index (χ3n) is 2.92. The molecule has 1 atom stereocenters. The Balaban J connectivity index is 2.18. The van der Waals surface area contributed by atoms with Gasteiger partial charge in [0.15, 0.2) is 0 Å². The summed E-state index contributed by atoms with van der Waals surface area (Å²) in [4.78, 5) is 4.02. The number of pyridine rings is 1. The number of nitrogens with two attached hydrogens (primary N) is 1. The third kappa shape index (κ3) is 3.24. The fourth-order valence-corrected chi connectivity index (χ4v) is 2.38. The van der Waals surface area contributed by atoms with E-state index in [4.69, 9.17) is 10.5 Å². The number of methoxy groups -OCH3 is 1. The van der Waals surface area contributed by atoms with Crippen molar-refractivity contribution in [2.75, 3.05) is 12.8 Å². The molecule has 3 N–H and O–H groups in total. The molecule has 0 aliphatic heterocycles. The van der Waals surface area contributed by atoms with Crippen LogP contribution in [0.15, 0.2) is 41.1 Å². The van der Waals surface area contributed by atoms with Gasteiger partial charge in [0.1, 0.15) is 5.75 Å². The predicted octanol–water partition coefficient (Wildman–Crippen LogP) is 2.71. The Morgan fingerprint density at radius 2 is 2.21 bits per heavy atom. The molecule has 0 spiro atoms. The second-order valence-corrected chi connectivity index (χ2v) is 5.04. The summed E-state index contributed by atoms with van der Waals surface area (Å²) in [5, 5.41) is 10.2. The normalized spacial score (nSPS) is 12.2. The first-order valence-electron chi connectivity index (χ1n) is 5.81. The lowest BCUT2D eigenvalue weighted by atomic mass is 10.0. The molecular formula is C14H15BrN2O2. The molecule has 0 radical (unpaired) electrons. The molecular weight excluding hydrogens is 308 g/mol. The van der Waals surface area contributed by atoms with Crippen molar-refractivity contribution in [1.82, 2.24) is 4.98 Å². The molecule has 0 bridgehead atoms. The van der Waals surface area contributed by atoms with Gasteiger partial charge in [-0.1, -0.05) is 6.07 Å². The highest BCUT2D eigenvalue weighted by atomic mass is 79.9. The van der Waals surface area contributed by atoms with Crippen molar-refractivity contribution in [1.29, 1.82) is 0 Å². The number of hydrogen-bond donors (Lipinski definition) is 2. The van der Waals surface area contributed by atoms with Crippen molar-refractivity contribution in [2.45, 2.75) is 12.5 Å². The Labute approximate surface area is 120 Å². The maximum Gasteiger partial charge on any atom is 0.133 e. The summed E-state index contributed by atoms with van der Waals surface area (Å²) in [5.41, 5.74) is 8.12. The van der Waals surface area contributed by atoms with E-state index in [0.29, 0.717) is 12.1 Å². The van der Waals surface area contributed by atoms with Crippen molar-refractivity contribution in [3.63, 3.8) is 0 Å². The van der Waals surface area contributed by atoms with Gasteiger partial charge in [0.05, 0.1) is 17.7 Å². The van der Waals surface area contributed by atoms with Crippen LogP contribution in [0.2, 0.25) is 0 Å². The molecule has 1 heterocycles. The number of halogens is 1. The minimum Gasteiger partial charge on any atom is -0.496 e. The van der Waals surface area contributed by atoms with Crippen molar-refractivity contribution in [3.05, 3.63) is 52.3 Å². The van der Waals surface area contributed by atoms with E-state index in [0.717, 1.165) is 21.3 Å². The van der Waals surface area contributed by atoms with Gasteiger partial charge in [0.25, 0.3) is 0 Å². The van der Waals surface area contributed by atoms with Crippen LogP contribution in [-0.4, -0.2) is 17.2 Å². The summed E-state index contributed by atoms with van der Waals surface area (Å²) in [5.74, 6) is 0.733. The van der Waals surface area contributed by atoms with E-state index < -0.39 is 6.10 Å². The zero-order valence-electron chi connectivity index (χ0n) is 10.5. The molecule has 0 saturated heterocycles. The number of benzene rings is 1. The molecule has 0 fully saturated rings. The SMILES string of the molecule is COc1ccc(C(O)Cc2cnccc2N)cc1Br. The number of aliphatic hydroxyl groups excluding tert-OH is 1. The van der Waals surface area contributed by atoms with Gasteiger partial charge in [-0.3, -0.25) is 4.98 Å². The van der Waals surface area contributed by atoms with Crippen LogP contribution in [0, 0.1) is 0 Å². The van der Waals surface area contributed by atoms with Crippen LogP contribution >= 0.6 is 15.9 Å². The summed E-state index contributed by atoms with van der Waals surface area (Å²) >= 11 is 3.40. The quantitative estimate of drug-likeness (QED) is 0.908.